The van der Waals surface area contributed by atoms with Crippen molar-refractivity contribution in [3.63, 3.8) is 0 Å². The van der Waals surface area contributed by atoms with Gasteiger partial charge in [0.15, 0.2) is 11.3 Å². The molecule has 0 spiro atoms. The Bertz CT molecular complexity index is 1150. The maximum atomic E-state index is 13.4. The lowest BCUT2D eigenvalue weighted by Crippen LogP contribution is -2.61. The van der Waals surface area contributed by atoms with Gasteiger partial charge in [0.1, 0.15) is 23.9 Å². The molecular weight excluding hydrogens is 485 g/mol. The van der Waals surface area contributed by atoms with Crippen LogP contribution in [-0.4, -0.2) is 62.6 Å². The van der Waals surface area contributed by atoms with Crippen LogP contribution in [-0.2, 0) is 16.1 Å². The maximum absolute atomic E-state index is 13.4. The molecule has 0 radical (unpaired) electrons. The minimum atomic E-state index is -4.88. The maximum Gasteiger partial charge on any atom is 0.573 e. The summed E-state index contributed by atoms with van der Waals surface area (Å²) in [5.41, 5.74) is -0.783. The quantitative estimate of drug-likeness (QED) is 0.547. The highest BCUT2D eigenvalue weighted by Crippen LogP contribution is 2.37. The molecule has 0 saturated carbocycles. The topological polar surface area (TPSA) is 99.5 Å². The molecule has 1 atom stereocenters. The van der Waals surface area contributed by atoms with Crippen molar-refractivity contribution in [3.8, 4) is 17.2 Å². The van der Waals surface area contributed by atoms with Crippen LogP contribution in [0, 0.1) is 6.92 Å². The van der Waals surface area contributed by atoms with Gasteiger partial charge in [0.2, 0.25) is 11.7 Å². The molecule has 36 heavy (non-hydrogen) atoms. The van der Waals surface area contributed by atoms with E-state index in [1.165, 1.54) is 38.2 Å². The fourth-order valence-electron chi connectivity index (χ4n) is 3.87. The van der Waals surface area contributed by atoms with Crippen LogP contribution in [0.3, 0.4) is 0 Å². The number of rotatable bonds is 9. The monoisotopic (exact) mass is 512 g/mol. The zero-order valence-electron chi connectivity index (χ0n) is 20.3. The molecule has 0 aliphatic carbocycles. The number of halogens is 3. The van der Waals surface area contributed by atoms with Crippen molar-refractivity contribution in [2.75, 3.05) is 34.0 Å². The summed E-state index contributed by atoms with van der Waals surface area (Å²) in [5.74, 6) is -0.852. The number of hydrogen-bond acceptors (Lipinski definition) is 7. The molecule has 2 aromatic rings. The summed E-state index contributed by atoms with van der Waals surface area (Å²) in [4.78, 5) is 28.2. The van der Waals surface area contributed by atoms with Crippen molar-refractivity contribution < 1.29 is 46.1 Å². The van der Waals surface area contributed by atoms with E-state index in [2.05, 4.69) is 16.6 Å². The number of methoxy groups -OCH3 is 2. The van der Waals surface area contributed by atoms with Crippen molar-refractivity contribution in [2.45, 2.75) is 32.3 Å². The lowest BCUT2D eigenvalue weighted by atomic mass is 9.99. The normalized spacial score (nSPS) is 17.6. The Morgan fingerprint density at radius 3 is 2.67 bits per heavy atom. The second-order valence-corrected chi connectivity index (χ2v) is 8.15. The van der Waals surface area contributed by atoms with Gasteiger partial charge in [-0.3, -0.25) is 9.59 Å². The predicted octanol–water partition coefficient (Wildman–Crippen LogP) is 3.69. The van der Waals surface area contributed by atoms with Crippen LogP contribution in [0.1, 0.15) is 34.4 Å². The number of carbonyl (C=O) groups is 2. The highest BCUT2D eigenvalue weighted by molar-refractivity contribution is 6.01. The largest absolute Gasteiger partial charge is 0.573 e. The summed E-state index contributed by atoms with van der Waals surface area (Å²) in [5, 5.41) is 2.67. The van der Waals surface area contributed by atoms with Crippen LogP contribution >= 0.6 is 0 Å². The molecule has 9 nitrogen and oxygen atoms in total. The van der Waals surface area contributed by atoms with Crippen LogP contribution in [0.25, 0.3) is 6.08 Å². The van der Waals surface area contributed by atoms with Crippen molar-refractivity contribution in [2.24, 2.45) is 0 Å². The van der Waals surface area contributed by atoms with Gasteiger partial charge in [0, 0.05) is 25.8 Å². The van der Waals surface area contributed by atoms with Gasteiger partial charge < -0.3 is 33.6 Å². The molecule has 0 bridgehead atoms. The summed E-state index contributed by atoms with van der Waals surface area (Å²) < 4.78 is 63.7. The van der Waals surface area contributed by atoms with E-state index in [1.807, 2.05) is 0 Å². The second kappa shape index (κ2) is 10.5. The molecule has 3 rings (SSSR count). The molecule has 1 unspecified atom stereocenters. The van der Waals surface area contributed by atoms with Gasteiger partial charge in [-0.25, -0.2) is 0 Å². The third-order valence-electron chi connectivity index (χ3n) is 5.76. The van der Waals surface area contributed by atoms with Crippen LogP contribution in [0.2, 0.25) is 0 Å². The van der Waals surface area contributed by atoms with E-state index in [1.54, 1.807) is 6.92 Å². The number of nitrogens with zero attached hydrogens (tertiary/aromatic N) is 1. The fraction of sp³-hybridized carbons (Fsp3) is 0.417. The first-order valence-corrected chi connectivity index (χ1v) is 10.9. The number of nitrogens with one attached hydrogen (secondary N) is 1. The smallest absolute Gasteiger partial charge is 0.496 e. The molecule has 12 heteroatoms. The number of furan rings is 1. The molecule has 1 aliphatic rings. The van der Waals surface area contributed by atoms with Crippen LogP contribution in [0.15, 0.2) is 29.2 Å². The number of carbonyl (C=O) groups excluding carboxylic acids is 2. The Morgan fingerprint density at radius 1 is 1.33 bits per heavy atom. The molecule has 196 valence electrons. The number of fused-ring (bicyclic) bond motifs is 1. The highest BCUT2D eigenvalue weighted by Gasteiger charge is 2.48. The summed E-state index contributed by atoms with van der Waals surface area (Å²) in [6, 6.07) is 3.51. The van der Waals surface area contributed by atoms with Crippen molar-refractivity contribution in [3.05, 3.63) is 47.4 Å². The van der Waals surface area contributed by atoms with Gasteiger partial charge >= 0.3 is 6.36 Å². The molecular formula is C24H27F3N2O7. The Kier molecular flexibility index (Phi) is 7.87. The Labute approximate surface area is 205 Å². The third kappa shape index (κ3) is 5.43. The van der Waals surface area contributed by atoms with Gasteiger partial charge in [-0.15, -0.1) is 13.2 Å². The van der Waals surface area contributed by atoms with Crippen LogP contribution < -0.4 is 19.5 Å². The number of ether oxygens (including phenoxy) is 4. The van der Waals surface area contributed by atoms with E-state index < -0.39 is 29.5 Å². The van der Waals surface area contributed by atoms with Gasteiger partial charge in [-0.1, -0.05) is 12.7 Å². The van der Waals surface area contributed by atoms with Crippen molar-refractivity contribution >= 4 is 17.9 Å². The summed E-state index contributed by atoms with van der Waals surface area (Å²) in [7, 11) is 2.80. The van der Waals surface area contributed by atoms with Gasteiger partial charge in [-0.2, -0.15) is 0 Å². The van der Waals surface area contributed by atoms with E-state index in [0.717, 1.165) is 12.1 Å². The van der Waals surface area contributed by atoms with Crippen molar-refractivity contribution in [1.29, 1.82) is 0 Å². The molecule has 0 fully saturated rings. The first-order valence-electron chi connectivity index (χ1n) is 10.9. The molecule has 1 aliphatic heterocycles. The molecule has 2 amide bonds. The fourth-order valence-corrected chi connectivity index (χ4v) is 3.87. The third-order valence-corrected chi connectivity index (χ3v) is 5.76. The summed E-state index contributed by atoms with van der Waals surface area (Å²) in [6.07, 6.45) is -3.38. The van der Waals surface area contributed by atoms with E-state index in [4.69, 9.17) is 18.6 Å². The van der Waals surface area contributed by atoms with Crippen molar-refractivity contribution in [1.82, 2.24) is 10.2 Å². The summed E-state index contributed by atoms with van der Waals surface area (Å²) in [6.45, 7) is 6.64. The zero-order chi connectivity index (χ0) is 26.7. The number of alkyl halides is 3. The molecule has 2 heterocycles. The average Bonchev–Trinajstić information content (AvgIpc) is 3.10. The first-order chi connectivity index (χ1) is 16.9. The van der Waals surface area contributed by atoms with E-state index in [0.29, 0.717) is 11.3 Å². The van der Waals surface area contributed by atoms with Gasteiger partial charge in [-0.05, 0) is 32.0 Å². The SMILES string of the molecule is C=Cc1c(C)oc2c1OCC(C)(C(=O)NCc1cc(OC(F)(F)F)ccc1OC)N(CCOC)C2=O. The Balaban J connectivity index is 1.89. The predicted molar refractivity (Wildman–Crippen MR) is 122 cm³/mol. The molecule has 1 aromatic carbocycles. The zero-order valence-corrected chi connectivity index (χ0v) is 20.3. The van der Waals surface area contributed by atoms with E-state index >= 15 is 0 Å². The minimum absolute atomic E-state index is 0.0451. The second-order valence-electron chi connectivity index (χ2n) is 8.15. The van der Waals surface area contributed by atoms with E-state index in [9.17, 15) is 22.8 Å². The van der Waals surface area contributed by atoms with E-state index in [-0.39, 0.29) is 49.1 Å². The summed E-state index contributed by atoms with van der Waals surface area (Å²) >= 11 is 0. The lowest BCUT2D eigenvalue weighted by molar-refractivity contribution is -0.274. The first kappa shape index (κ1) is 26.9. The van der Waals surface area contributed by atoms with Gasteiger partial charge in [0.25, 0.3) is 5.91 Å². The Morgan fingerprint density at radius 2 is 2.06 bits per heavy atom. The molecule has 1 N–H and O–H groups in total. The van der Waals surface area contributed by atoms with Gasteiger partial charge in [0.05, 0.1) is 19.3 Å². The number of aryl methyl sites for hydroxylation is 1. The van der Waals surface area contributed by atoms with Crippen LogP contribution in [0.5, 0.6) is 17.2 Å². The number of amides is 2. The highest BCUT2D eigenvalue weighted by atomic mass is 19.4. The van der Waals surface area contributed by atoms with Crippen LogP contribution in [0.4, 0.5) is 13.2 Å². The average molecular weight is 512 g/mol. The number of benzene rings is 1. The standard InChI is InChI=1S/C24H27F3N2O7/c1-6-17-14(2)35-20-19(17)34-13-23(3,29(21(20)30)9-10-32-4)22(31)28-12-15-11-16(36-24(25,26)27)7-8-18(15)33-5/h6-8,11H,1,9-10,12-13H2,2-5H3,(H,28,31). The molecule has 1 aromatic heterocycles. The number of hydrogen-bond donors (Lipinski definition) is 1. The minimum Gasteiger partial charge on any atom is -0.496 e. The molecule has 0 saturated heterocycles. The Hall–Kier alpha value is -3.67. The lowest BCUT2D eigenvalue weighted by Gasteiger charge is -2.37.